The Labute approximate surface area is 850 Å². The molecule has 0 spiro atoms. The van der Waals surface area contributed by atoms with Crippen LogP contribution in [0.3, 0.4) is 0 Å². The van der Waals surface area contributed by atoms with Crippen molar-refractivity contribution < 1.29 is 172 Å². The SMILES string of the molecule is CCC(C)(C)C(=O)OC.CCC(C)(C)C(=O)OC1C2CC3C(=O)OC1C3C2.CCC(C)(C)C(=O)OC1C2CC3C(=O)OC1C3O2.CCC(C)(C)C(=O)OC1C2CC3C1OC(=O)C3(C#N)C2.CCC(C)(C)C(=O)OC1C2CC3C1OC(=O)C3C2C(=O)OC.CCC(C)(C)C(=O)OC1CC2OC1C1COC(=O)C21.CCC(C)(C)C(=O)OC1CCOC1=O.CCC(C)(C)C(=O)OC1COC(=O)C1.O=C1OCC2C3CCC(C3)C12. The maximum atomic E-state index is 12.4. The molecule has 12 heterocycles. The molecule has 37 heteroatoms. The smallest absolute Gasteiger partial charge is 0.347 e. The third-order valence-electron chi connectivity index (χ3n) is 36.0. The van der Waals surface area contributed by atoms with Gasteiger partial charge in [0.25, 0.3) is 0 Å². The van der Waals surface area contributed by atoms with Gasteiger partial charge in [0.05, 0.1) is 138 Å². The van der Waals surface area contributed by atoms with Gasteiger partial charge in [0.15, 0.2) is 17.6 Å². The first kappa shape index (κ1) is 114. The van der Waals surface area contributed by atoms with Crippen molar-refractivity contribution in [2.24, 2.45) is 143 Å². The molecule has 145 heavy (non-hydrogen) atoms. The zero-order valence-corrected chi connectivity index (χ0v) is 89.5. The Morgan fingerprint density at radius 3 is 1.32 bits per heavy atom. The highest BCUT2D eigenvalue weighted by atomic mass is 16.7. The number of fused-ring (bicyclic) bond motifs is 14. The van der Waals surface area contributed by atoms with Gasteiger partial charge in [-0.05, 0) is 232 Å². The van der Waals surface area contributed by atoms with E-state index in [1.165, 1.54) is 33.5 Å². The number of carbonyl (C=O) groups is 17. The zero-order valence-electron chi connectivity index (χ0n) is 89.5. The summed E-state index contributed by atoms with van der Waals surface area (Å²) in [5.41, 5.74) is -4.85. The van der Waals surface area contributed by atoms with Crippen LogP contribution in [0, 0.1) is 155 Å². The Kier molecular flexibility index (Phi) is 34.9. The number of rotatable bonds is 24. The van der Waals surface area contributed by atoms with E-state index in [9.17, 15) is 86.8 Å². The number of cyclic esters (lactones) is 4. The van der Waals surface area contributed by atoms with Gasteiger partial charge in [0.1, 0.15) is 67.6 Å². The fourth-order valence-electron chi connectivity index (χ4n) is 23.0. The fourth-order valence-corrected chi connectivity index (χ4v) is 23.0. The third-order valence-corrected chi connectivity index (χ3v) is 36.0. The lowest BCUT2D eigenvalue weighted by Gasteiger charge is -2.32. The topological polar surface area (TPSA) is 489 Å². The molecule has 12 bridgehead atoms. The second-order valence-electron chi connectivity index (χ2n) is 48.0. The third kappa shape index (κ3) is 23.0. The van der Waals surface area contributed by atoms with Crippen LogP contribution in [0.1, 0.15) is 295 Å². The number of nitriles is 1. The lowest BCUT2D eigenvalue weighted by molar-refractivity contribution is -0.173. The molecular weight excluding hydrogens is 1890 g/mol. The molecule has 37 nitrogen and oxygen atoms in total. The zero-order chi connectivity index (χ0) is 107. The number of ether oxygens (including phenoxy) is 19. The summed E-state index contributed by atoms with van der Waals surface area (Å²) in [6, 6.07) is 2.15. The molecule has 20 rings (SSSR count). The fraction of sp³-hybridized carbons (Fsp3) is 0.833. The molecule has 8 aliphatic carbocycles. The van der Waals surface area contributed by atoms with E-state index < -0.39 is 110 Å². The van der Waals surface area contributed by atoms with E-state index in [4.69, 9.17) is 85.3 Å². The Morgan fingerprint density at radius 1 is 0.352 bits per heavy atom. The first-order chi connectivity index (χ1) is 67.8. The second kappa shape index (κ2) is 44.3. The number of hydrogen-bond acceptors (Lipinski definition) is 37. The first-order valence-electron chi connectivity index (χ1n) is 52.7. The van der Waals surface area contributed by atoms with E-state index in [2.05, 4.69) is 10.8 Å². The van der Waals surface area contributed by atoms with E-state index in [-0.39, 0.29) is 204 Å². The molecule has 12 aliphatic heterocycles. The van der Waals surface area contributed by atoms with Gasteiger partial charge in [0.2, 0.25) is 6.10 Å². The van der Waals surface area contributed by atoms with E-state index in [1.807, 2.05) is 152 Å². The molecule has 0 N–H and O–H groups in total. The number of methoxy groups -OCH3 is 2. The Bertz CT molecular complexity index is 4840. The van der Waals surface area contributed by atoms with Crippen LogP contribution in [-0.2, 0) is 172 Å². The molecule has 32 unspecified atom stereocenters. The molecule has 12 saturated heterocycles. The molecule has 0 radical (unpaired) electrons. The lowest BCUT2D eigenvalue weighted by atomic mass is 9.74. The van der Waals surface area contributed by atoms with Crippen molar-refractivity contribution in [1.29, 1.82) is 5.26 Å². The van der Waals surface area contributed by atoms with Crippen molar-refractivity contribution in [3.05, 3.63) is 0 Å². The second-order valence-corrected chi connectivity index (χ2v) is 48.0. The van der Waals surface area contributed by atoms with Crippen molar-refractivity contribution in [2.75, 3.05) is 40.6 Å². The summed E-state index contributed by atoms with van der Waals surface area (Å²) in [6.07, 6.45) is 10.4. The molecule has 0 aromatic carbocycles. The summed E-state index contributed by atoms with van der Waals surface area (Å²) in [7, 11) is 2.73. The van der Waals surface area contributed by atoms with Crippen LogP contribution in [-0.4, -0.2) is 234 Å². The van der Waals surface area contributed by atoms with Gasteiger partial charge < -0.3 is 90.0 Å². The number of hydrogen-bond donors (Lipinski definition) is 0. The van der Waals surface area contributed by atoms with Gasteiger partial charge in [-0.15, -0.1) is 0 Å². The number of carbonyl (C=O) groups excluding carboxylic acids is 17. The summed E-state index contributed by atoms with van der Waals surface area (Å²) >= 11 is 0. The maximum Gasteiger partial charge on any atom is 0.347 e. The van der Waals surface area contributed by atoms with Gasteiger partial charge in [-0.1, -0.05) is 55.4 Å². The van der Waals surface area contributed by atoms with E-state index >= 15 is 0 Å². The molecule has 810 valence electrons. The molecule has 20 aliphatic rings. The molecule has 8 saturated carbocycles. The van der Waals surface area contributed by atoms with Crippen LogP contribution in [0.25, 0.3) is 0 Å². The van der Waals surface area contributed by atoms with Crippen molar-refractivity contribution in [3.8, 4) is 6.07 Å². The van der Waals surface area contributed by atoms with E-state index in [0.29, 0.717) is 107 Å². The summed E-state index contributed by atoms with van der Waals surface area (Å²) in [5, 5.41) is 9.31. The van der Waals surface area contributed by atoms with Crippen LogP contribution >= 0.6 is 0 Å². The van der Waals surface area contributed by atoms with E-state index in [0.717, 1.165) is 51.0 Å². The highest BCUT2D eigenvalue weighted by Gasteiger charge is 2.74. The number of esters is 17. The van der Waals surface area contributed by atoms with Crippen LogP contribution in [0.15, 0.2) is 0 Å². The molecule has 0 amide bonds. The Balaban J connectivity index is 0.000000147. The number of nitrogens with zero attached hydrogens (tertiary/aromatic N) is 1. The quantitative estimate of drug-likeness (QED) is 0.0639. The van der Waals surface area contributed by atoms with Crippen LogP contribution in [0.5, 0.6) is 0 Å². The van der Waals surface area contributed by atoms with Crippen molar-refractivity contribution >= 4 is 101 Å². The van der Waals surface area contributed by atoms with Gasteiger partial charge in [-0.2, -0.15) is 5.26 Å². The summed E-state index contributed by atoms with van der Waals surface area (Å²) in [6.45, 7) is 46.9. The van der Waals surface area contributed by atoms with Crippen molar-refractivity contribution in [2.45, 2.75) is 386 Å². The average Bonchev–Trinajstić information content (AvgIpc) is 1.53. The molecule has 0 aromatic heterocycles. The van der Waals surface area contributed by atoms with Crippen molar-refractivity contribution in [3.63, 3.8) is 0 Å². The monoisotopic (exact) mass is 2040 g/mol. The lowest BCUT2D eigenvalue weighted by Crippen LogP contribution is -2.45. The van der Waals surface area contributed by atoms with Crippen LogP contribution in [0.2, 0.25) is 0 Å². The summed E-state index contributed by atoms with van der Waals surface area (Å²) < 4.78 is 100. The standard InChI is InChI=1S/C16H22O6.C15H19NO4.C14H20O5.C14H20O4.C13H18O5.2C10H16O4.C9H12O2.C7H14O2/c1-5-16(2,3)15(19)22-12-7-6-8-10(9(7)13(17)20-4)14(18)21-11(8)12;1-4-14(2,3)12(17)19-10-8-5-9-11(10)20-13(18)15(9,6-8)7-16;1-4-14(2,3)13(16)19-9-5-8-10-7(11(9)18-8)6-17-12(10)15;1-4-14(2,3)13(16)18-10-7-5-8-9(6-7)12(15)17-11(8)10;1-4-13(2,3)12(15)18-9-7-5-6-8(16-7)10(9)17-11(6)14;1-4-10(2,3)9(12)14-7-5-8(11)13-6-7;1-4-10(2,3)9(12)14-7-5-6-13-8(7)11;10-9-8-6-2-1-5(3-6)7(8)4-11-9;1-5-7(2,3)6(8)9-4/h7-12H,5-6H2,1-4H3;8-11H,4-6H2,1-3H3;7-11H,4-6H2,1-3H3;7-11H,4-6H2,1-3H3;6-10H,4-5H2,1-3H3;2*7H,4-6H2,1-3H3;5-8H,1-4H2;5H2,1-4H3. The molecule has 32 atom stereocenters. The Hall–Kier alpha value is -9.60. The minimum absolute atomic E-state index is 0.0378. The molecule has 20 fully saturated rings. The largest absolute Gasteiger partial charge is 0.469 e. The highest BCUT2D eigenvalue weighted by Crippen LogP contribution is 2.64. The normalized spacial score (nSPS) is 36.0. The van der Waals surface area contributed by atoms with Crippen LogP contribution in [0.4, 0.5) is 0 Å². The minimum atomic E-state index is -0.974. The van der Waals surface area contributed by atoms with E-state index in [1.54, 1.807) is 13.8 Å². The predicted molar refractivity (Wildman–Crippen MR) is 506 cm³/mol. The summed E-state index contributed by atoms with van der Waals surface area (Å²) in [4.78, 5) is 199. The van der Waals surface area contributed by atoms with Crippen molar-refractivity contribution in [1.82, 2.24) is 0 Å². The van der Waals surface area contributed by atoms with Gasteiger partial charge in [0, 0.05) is 60.2 Å². The van der Waals surface area contributed by atoms with Gasteiger partial charge in [-0.25, -0.2) is 4.79 Å². The van der Waals surface area contributed by atoms with Gasteiger partial charge >= 0.3 is 101 Å². The molecule has 0 aromatic rings. The minimum Gasteiger partial charge on any atom is -0.469 e. The summed E-state index contributed by atoms with van der Waals surface area (Å²) in [5.74, 6) is -2.44. The first-order valence-corrected chi connectivity index (χ1v) is 52.7. The van der Waals surface area contributed by atoms with Gasteiger partial charge in [-0.3, -0.25) is 76.7 Å². The molecular formula is C108H157NO36. The average molecular weight is 2050 g/mol. The predicted octanol–water partition coefficient (Wildman–Crippen LogP) is 12.7. The Morgan fingerprint density at radius 2 is 0.821 bits per heavy atom. The maximum absolute atomic E-state index is 12.4. The highest BCUT2D eigenvalue weighted by molar-refractivity contribution is 5.89. The van der Waals surface area contributed by atoms with Crippen LogP contribution < -0.4 is 0 Å².